The Morgan fingerprint density at radius 1 is 0.864 bits per heavy atom. The van der Waals surface area contributed by atoms with Crippen LogP contribution in [-0.2, 0) is 32.2 Å². The van der Waals surface area contributed by atoms with Gasteiger partial charge in [0.2, 0.25) is 0 Å². The maximum atomic E-state index is 14.2. The van der Waals surface area contributed by atoms with Crippen LogP contribution in [0.2, 0.25) is 0 Å². The van der Waals surface area contributed by atoms with Crippen LogP contribution in [0.3, 0.4) is 0 Å². The molecule has 5 aromatic rings. The van der Waals surface area contributed by atoms with Gasteiger partial charge in [0.1, 0.15) is 0 Å². The maximum absolute atomic E-state index is 14.2. The molecule has 44 heavy (non-hydrogen) atoms. The molecule has 0 saturated heterocycles. The van der Waals surface area contributed by atoms with Crippen LogP contribution in [0.5, 0.6) is 0 Å². The molecule has 1 heterocycles. The largest absolute Gasteiger partial charge is 0.461 e. The summed E-state index contributed by atoms with van der Waals surface area (Å²) in [6.07, 6.45) is 0.509. The van der Waals surface area contributed by atoms with Crippen molar-refractivity contribution in [2.75, 3.05) is 6.61 Å². The highest BCUT2D eigenvalue weighted by Crippen LogP contribution is 2.41. The van der Waals surface area contributed by atoms with E-state index in [1.807, 2.05) is 87.5 Å². The molecule has 5 rings (SSSR count). The highest BCUT2D eigenvalue weighted by Gasteiger charge is 2.34. The molecule has 4 aromatic carbocycles. The van der Waals surface area contributed by atoms with Gasteiger partial charge in [0.15, 0.2) is 5.69 Å². The van der Waals surface area contributed by atoms with Crippen molar-refractivity contribution in [1.29, 1.82) is 0 Å². The first-order chi connectivity index (χ1) is 21.0. The molecule has 1 unspecified atom stereocenters. The van der Waals surface area contributed by atoms with Gasteiger partial charge in [0, 0.05) is 17.0 Å². The SMILES string of the molecule is CCOC(=O)c1c(-c2ccccc2[C@@H](Cc2ccccc2)NS(=O)C(C)(C)C)c2ccccc2n1S(=O)(=O)c1ccccc1. The molecule has 7 nitrogen and oxygen atoms in total. The fourth-order valence-electron chi connectivity index (χ4n) is 5.22. The van der Waals surface area contributed by atoms with Crippen molar-refractivity contribution in [3.05, 3.63) is 126 Å². The molecule has 1 aromatic heterocycles. The van der Waals surface area contributed by atoms with Crippen LogP contribution in [-0.4, -0.2) is 33.9 Å². The third-order valence-corrected chi connectivity index (χ3v) is 10.6. The topological polar surface area (TPSA) is 94.5 Å². The summed E-state index contributed by atoms with van der Waals surface area (Å²) < 4.78 is 51.4. The standard InChI is InChI=1S/C35H36N2O5S2/c1-5-42-34(38)33-32(29-22-14-15-23-31(29)37(33)44(40,41)26-18-10-7-11-19-26)28-21-13-12-20-27(28)30(36-43(39)35(2,3)4)24-25-16-8-6-9-17-25/h6-23,30,36H,5,24H2,1-4H3/t30-,43?/m1/s1. The molecule has 0 aliphatic rings. The molecular weight excluding hydrogens is 593 g/mol. The Labute approximate surface area is 261 Å². The lowest BCUT2D eigenvalue weighted by molar-refractivity contribution is 0.0519. The van der Waals surface area contributed by atoms with Crippen LogP contribution in [0.4, 0.5) is 0 Å². The van der Waals surface area contributed by atoms with E-state index in [2.05, 4.69) is 4.72 Å². The van der Waals surface area contributed by atoms with Gasteiger partial charge in [-0.1, -0.05) is 91.0 Å². The minimum Gasteiger partial charge on any atom is -0.461 e. The molecule has 0 aliphatic heterocycles. The zero-order chi connectivity index (χ0) is 31.5. The average Bonchev–Trinajstić information content (AvgIpc) is 3.37. The van der Waals surface area contributed by atoms with Gasteiger partial charge in [-0.25, -0.2) is 26.1 Å². The molecule has 0 amide bonds. The molecule has 0 saturated carbocycles. The molecular formula is C35H36N2O5S2. The lowest BCUT2D eigenvalue weighted by Gasteiger charge is -2.26. The summed E-state index contributed by atoms with van der Waals surface area (Å²) >= 11 is 0. The molecule has 9 heteroatoms. The van der Waals surface area contributed by atoms with Gasteiger partial charge in [-0.3, -0.25) is 0 Å². The van der Waals surface area contributed by atoms with Gasteiger partial charge in [-0.2, -0.15) is 0 Å². The number of nitrogens with zero attached hydrogens (tertiary/aromatic N) is 1. The lowest BCUT2D eigenvalue weighted by atomic mass is 9.90. The predicted molar refractivity (Wildman–Crippen MR) is 176 cm³/mol. The second-order valence-electron chi connectivity index (χ2n) is 11.4. The van der Waals surface area contributed by atoms with E-state index in [0.29, 0.717) is 28.5 Å². The third-order valence-electron chi connectivity index (χ3n) is 7.28. The molecule has 2 atom stereocenters. The van der Waals surface area contributed by atoms with Crippen molar-refractivity contribution in [3.63, 3.8) is 0 Å². The summed E-state index contributed by atoms with van der Waals surface area (Å²) in [6.45, 7) is 7.47. The smallest absolute Gasteiger partial charge is 0.356 e. The highest BCUT2D eigenvalue weighted by atomic mass is 32.2. The van der Waals surface area contributed by atoms with E-state index >= 15 is 0 Å². The van der Waals surface area contributed by atoms with Crippen LogP contribution in [0, 0.1) is 0 Å². The normalized spacial score (nSPS) is 13.5. The number of para-hydroxylation sites is 1. The number of carbonyl (C=O) groups excluding carboxylic acids is 1. The van der Waals surface area contributed by atoms with Crippen molar-refractivity contribution < 1.29 is 22.2 Å². The fourth-order valence-corrected chi connectivity index (χ4v) is 7.57. The lowest BCUT2D eigenvalue weighted by Crippen LogP contribution is -2.36. The van der Waals surface area contributed by atoms with Crippen LogP contribution >= 0.6 is 0 Å². The summed E-state index contributed by atoms with van der Waals surface area (Å²) in [5, 5.41) is 0.581. The molecule has 0 radical (unpaired) electrons. The number of carbonyl (C=O) groups is 1. The van der Waals surface area contributed by atoms with E-state index < -0.39 is 37.8 Å². The van der Waals surface area contributed by atoms with Gasteiger partial charge in [-0.05, 0) is 69.0 Å². The Kier molecular flexibility index (Phi) is 9.20. The second-order valence-corrected chi connectivity index (χ2v) is 15.2. The zero-order valence-electron chi connectivity index (χ0n) is 25.2. The fraction of sp³-hybridized carbons (Fsp3) is 0.229. The van der Waals surface area contributed by atoms with E-state index in [9.17, 15) is 17.4 Å². The Morgan fingerprint density at radius 2 is 1.45 bits per heavy atom. The van der Waals surface area contributed by atoms with E-state index in [0.717, 1.165) is 15.1 Å². The van der Waals surface area contributed by atoms with Gasteiger partial charge in [-0.15, -0.1) is 0 Å². The summed E-state index contributed by atoms with van der Waals surface area (Å²) in [6, 6.07) is 32.1. The van der Waals surface area contributed by atoms with Crippen molar-refractivity contribution in [1.82, 2.24) is 8.69 Å². The monoisotopic (exact) mass is 628 g/mol. The maximum Gasteiger partial charge on any atom is 0.356 e. The predicted octanol–water partition coefficient (Wildman–Crippen LogP) is 7.06. The van der Waals surface area contributed by atoms with Crippen LogP contribution in [0.25, 0.3) is 22.0 Å². The Bertz CT molecular complexity index is 1910. The summed E-state index contributed by atoms with van der Waals surface area (Å²) in [4.78, 5) is 13.9. The number of hydrogen-bond acceptors (Lipinski definition) is 5. The van der Waals surface area contributed by atoms with E-state index in [4.69, 9.17) is 4.74 Å². The minimum absolute atomic E-state index is 0.0512. The molecule has 228 valence electrons. The molecule has 1 N–H and O–H groups in total. The van der Waals surface area contributed by atoms with Crippen molar-refractivity contribution in [2.24, 2.45) is 0 Å². The Morgan fingerprint density at radius 3 is 2.11 bits per heavy atom. The molecule has 0 aliphatic carbocycles. The highest BCUT2D eigenvalue weighted by molar-refractivity contribution is 7.90. The van der Waals surface area contributed by atoms with Gasteiger partial charge in [0.05, 0.1) is 32.8 Å². The number of nitrogens with one attached hydrogen (secondary N) is 1. The van der Waals surface area contributed by atoms with E-state index in [1.54, 1.807) is 37.3 Å². The number of hydrogen-bond donors (Lipinski definition) is 1. The summed E-state index contributed by atoms with van der Waals surface area (Å²) in [7, 11) is -5.64. The van der Waals surface area contributed by atoms with Crippen LogP contribution in [0.15, 0.2) is 114 Å². The zero-order valence-corrected chi connectivity index (χ0v) is 26.8. The third kappa shape index (κ3) is 6.26. The first-order valence-corrected chi connectivity index (χ1v) is 17.1. The van der Waals surface area contributed by atoms with E-state index in [-0.39, 0.29) is 17.2 Å². The van der Waals surface area contributed by atoms with Crippen LogP contribution < -0.4 is 4.72 Å². The minimum atomic E-state index is -4.22. The molecule has 0 bridgehead atoms. The Hall–Kier alpha value is -4.05. The number of esters is 1. The quantitative estimate of drug-likeness (QED) is 0.167. The molecule has 0 spiro atoms. The van der Waals surface area contributed by atoms with Gasteiger partial charge < -0.3 is 4.74 Å². The number of aromatic nitrogens is 1. The van der Waals surface area contributed by atoms with Gasteiger partial charge >= 0.3 is 5.97 Å². The van der Waals surface area contributed by atoms with Gasteiger partial charge in [0.25, 0.3) is 10.0 Å². The number of rotatable bonds is 10. The first kappa shape index (κ1) is 31.4. The van der Waals surface area contributed by atoms with Crippen LogP contribution in [0.1, 0.15) is 55.4 Å². The van der Waals surface area contributed by atoms with E-state index in [1.165, 1.54) is 12.1 Å². The summed E-state index contributed by atoms with van der Waals surface area (Å²) in [5.74, 6) is -0.751. The molecule has 0 fully saturated rings. The first-order valence-electron chi connectivity index (χ1n) is 14.5. The summed E-state index contributed by atoms with van der Waals surface area (Å²) in [5.41, 5.74) is 3.17. The Balaban J connectivity index is 1.82. The number of benzene rings is 4. The number of fused-ring (bicyclic) bond motifs is 1. The van der Waals surface area contributed by atoms with Crippen molar-refractivity contribution in [2.45, 2.75) is 49.8 Å². The average molecular weight is 629 g/mol. The number of ether oxygens (including phenoxy) is 1. The van der Waals surface area contributed by atoms with Crippen molar-refractivity contribution in [3.8, 4) is 11.1 Å². The van der Waals surface area contributed by atoms with Crippen molar-refractivity contribution >= 4 is 37.9 Å². The second kappa shape index (κ2) is 12.9.